The fourth-order valence-corrected chi connectivity index (χ4v) is 11.1. The summed E-state index contributed by atoms with van der Waals surface area (Å²) in [6, 6.07) is 5.16. The number of nitrogens with one attached hydrogen (secondary N) is 3. The molecule has 3 aliphatic rings. The predicted molar refractivity (Wildman–Crippen MR) is 227 cm³/mol. The number of oxazole rings is 1. The molecule has 4 heterocycles. The number of carbonyl (C=O) groups is 3. The highest BCUT2D eigenvalue weighted by molar-refractivity contribution is 7.59. The number of carbonyl (C=O) groups excluding carboxylic acids is 3. The summed E-state index contributed by atoms with van der Waals surface area (Å²) < 4.78 is 37.4. The van der Waals surface area contributed by atoms with Crippen LogP contribution in [0.3, 0.4) is 0 Å². The summed E-state index contributed by atoms with van der Waals surface area (Å²) in [5, 5.41) is 10.8. The Morgan fingerprint density at radius 2 is 1.92 bits per heavy atom. The number of methoxy groups -OCH3 is 1. The van der Waals surface area contributed by atoms with Crippen molar-refractivity contribution in [3.05, 3.63) is 60.7 Å². The molecule has 7 rings (SSSR count). The first-order chi connectivity index (χ1) is 28.5. The number of likely N-dealkylation sites (tertiary alicyclic amines) is 1. The van der Waals surface area contributed by atoms with Gasteiger partial charge in [0.15, 0.2) is 5.13 Å². The monoisotopic (exact) mass is 863 g/mol. The van der Waals surface area contributed by atoms with Crippen LogP contribution in [0.1, 0.15) is 79.0 Å². The van der Waals surface area contributed by atoms with Gasteiger partial charge in [-0.25, -0.2) is 19.7 Å². The molecule has 0 spiro atoms. The topological polar surface area (TPSA) is 207 Å². The third-order valence-corrected chi connectivity index (χ3v) is 14.7. The van der Waals surface area contributed by atoms with Gasteiger partial charge in [-0.3, -0.25) is 14.2 Å². The lowest BCUT2D eigenvalue weighted by molar-refractivity contribution is -0.142. The van der Waals surface area contributed by atoms with Crippen molar-refractivity contribution in [1.82, 2.24) is 30.5 Å². The first-order valence-corrected chi connectivity index (χ1v) is 23.0. The molecule has 6 atom stereocenters. The van der Waals surface area contributed by atoms with E-state index in [1.165, 1.54) is 28.7 Å². The first-order valence-electron chi connectivity index (χ1n) is 20.3. The number of amides is 3. The lowest BCUT2D eigenvalue weighted by Gasteiger charge is -2.35. The van der Waals surface area contributed by atoms with Crippen molar-refractivity contribution in [3.8, 4) is 22.9 Å². The molecule has 2 unspecified atom stereocenters. The van der Waals surface area contributed by atoms with Gasteiger partial charge in [0.1, 0.15) is 59.2 Å². The van der Waals surface area contributed by atoms with E-state index in [1.54, 1.807) is 31.4 Å². The Morgan fingerprint density at radius 3 is 2.57 bits per heavy atom. The standard InChI is InChI=1S/C42H54N7O9PS/c1-8-25-20-42(25,59(53,54)22-35-43-15-16-56-35)48-37(50)33-18-28(21-49(33)38(51)36(41(4,5)6)47-40(52)58-26-11-9-10-12-26)57-34-19-31(32-23-60-39(46-32)44-24(2)3)45-30-17-27(55-7)13-14-29(30)34/h8,13-17,19,23-26,28,33,36H,1,9-12,18,20-22H2,2-7H3,(H,44,46)(H,47,52)(H,48,50)(H,53,54)/t25-,28-,33+,36?,42+/m1/s1. The maximum absolute atomic E-state index is 14.8. The molecule has 2 saturated carbocycles. The van der Waals surface area contributed by atoms with Crippen LogP contribution in [-0.4, -0.2) is 91.9 Å². The van der Waals surface area contributed by atoms with Crippen molar-refractivity contribution in [2.24, 2.45) is 11.3 Å². The van der Waals surface area contributed by atoms with Crippen molar-refractivity contribution in [2.75, 3.05) is 19.0 Å². The van der Waals surface area contributed by atoms with Crippen LogP contribution in [0.15, 0.2) is 59.2 Å². The Morgan fingerprint density at radius 1 is 1.15 bits per heavy atom. The zero-order valence-electron chi connectivity index (χ0n) is 34.8. The van der Waals surface area contributed by atoms with Crippen molar-refractivity contribution in [3.63, 3.8) is 0 Å². The molecule has 1 aromatic carbocycles. The molecule has 60 heavy (non-hydrogen) atoms. The Hall–Kier alpha value is -4.99. The number of ether oxygens (including phenoxy) is 3. The second-order valence-electron chi connectivity index (χ2n) is 17.2. The maximum Gasteiger partial charge on any atom is 0.408 e. The molecule has 3 fully saturated rings. The van der Waals surface area contributed by atoms with Gasteiger partial charge in [0.2, 0.25) is 25.1 Å². The fourth-order valence-electron chi connectivity index (χ4n) is 8.05. The minimum absolute atomic E-state index is 0.0275. The lowest BCUT2D eigenvalue weighted by atomic mass is 9.85. The highest BCUT2D eigenvalue weighted by Crippen LogP contribution is 2.70. The molecule has 1 aliphatic heterocycles. The Labute approximate surface area is 353 Å². The second kappa shape index (κ2) is 17.2. The zero-order valence-corrected chi connectivity index (χ0v) is 36.5. The minimum atomic E-state index is -4.20. The number of benzene rings is 1. The average Bonchev–Trinajstić information content (AvgIpc) is 3.81. The number of hydrogen-bond donors (Lipinski definition) is 4. The number of hydrogen-bond acceptors (Lipinski definition) is 13. The Bertz CT molecular complexity index is 2270. The number of anilines is 1. The van der Waals surface area contributed by atoms with E-state index in [-0.39, 0.29) is 37.4 Å². The van der Waals surface area contributed by atoms with Crippen LogP contribution in [0.5, 0.6) is 11.5 Å². The van der Waals surface area contributed by atoms with E-state index in [2.05, 4.69) is 27.5 Å². The number of rotatable bonds is 15. The highest BCUT2D eigenvalue weighted by atomic mass is 32.1. The van der Waals surface area contributed by atoms with E-state index in [1.807, 2.05) is 46.1 Å². The maximum atomic E-state index is 14.8. The summed E-state index contributed by atoms with van der Waals surface area (Å²) in [4.78, 5) is 69.3. The van der Waals surface area contributed by atoms with Gasteiger partial charge >= 0.3 is 6.09 Å². The highest BCUT2D eigenvalue weighted by Gasteiger charge is 2.66. The summed E-state index contributed by atoms with van der Waals surface area (Å²) in [6.07, 6.45) is 5.78. The zero-order chi connectivity index (χ0) is 43.0. The molecule has 1 saturated heterocycles. The van der Waals surface area contributed by atoms with Gasteiger partial charge in [-0.1, -0.05) is 26.8 Å². The van der Waals surface area contributed by atoms with Gasteiger partial charge in [-0.05, 0) is 63.5 Å². The quantitative estimate of drug-likeness (QED) is 0.0696. The van der Waals surface area contributed by atoms with Crippen molar-refractivity contribution in [2.45, 2.75) is 115 Å². The van der Waals surface area contributed by atoms with Gasteiger partial charge in [-0.15, -0.1) is 17.9 Å². The van der Waals surface area contributed by atoms with E-state index >= 15 is 0 Å². The lowest BCUT2D eigenvalue weighted by Crippen LogP contribution is -2.58. The number of pyridine rings is 1. The second-order valence-corrected chi connectivity index (χ2v) is 20.6. The first kappa shape index (κ1) is 43.1. The molecule has 16 nitrogen and oxygen atoms in total. The van der Waals surface area contributed by atoms with Gasteiger partial charge < -0.3 is 44.4 Å². The van der Waals surface area contributed by atoms with Crippen LogP contribution < -0.4 is 25.4 Å². The number of alkyl carbamates (subject to hydrolysis) is 1. The molecular formula is C42H54N7O9PS. The number of aromatic nitrogens is 3. The van der Waals surface area contributed by atoms with Crippen LogP contribution in [0, 0.1) is 11.3 Å². The summed E-state index contributed by atoms with van der Waals surface area (Å²) in [7, 11) is -2.63. The summed E-state index contributed by atoms with van der Waals surface area (Å²) in [5.41, 5.74) is 0.960. The molecule has 3 aromatic heterocycles. The van der Waals surface area contributed by atoms with Crippen LogP contribution in [0.4, 0.5) is 9.93 Å². The summed E-state index contributed by atoms with van der Waals surface area (Å²) in [5.74, 6) is -0.572. The Balaban J connectivity index is 1.22. The van der Waals surface area contributed by atoms with Crippen molar-refractivity contribution >= 4 is 52.6 Å². The molecule has 18 heteroatoms. The molecule has 2 aliphatic carbocycles. The molecule has 4 N–H and O–H groups in total. The largest absolute Gasteiger partial charge is 0.497 e. The molecule has 3 amide bonds. The van der Waals surface area contributed by atoms with E-state index in [0.29, 0.717) is 33.8 Å². The van der Waals surface area contributed by atoms with E-state index < -0.39 is 66.2 Å². The van der Waals surface area contributed by atoms with Crippen LogP contribution in [0.2, 0.25) is 0 Å². The molecule has 0 radical (unpaired) electrons. The third-order valence-electron chi connectivity index (χ3n) is 11.3. The molecular weight excluding hydrogens is 810 g/mol. The van der Waals surface area contributed by atoms with Crippen LogP contribution in [-0.2, 0) is 25.1 Å². The van der Waals surface area contributed by atoms with Gasteiger partial charge in [0, 0.05) is 41.3 Å². The molecule has 322 valence electrons. The van der Waals surface area contributed by atoms with Gasteiger partial charge in [-0.2, -0.15) is 0 Å². The minimum Gasteiger partial charge on any atom is -0.497 e. The SMILES string of the molecule is C=C[C@@H]1C[C@]1(NC(=O)[C@@H]1C[C@@H](Oc2cc(-c3csc(NC(C)C)n3)nc3cc(OC)ccc23)CN1C(=O)C(NC(=O)OC1CCCC1)C(C)(C)C)P(=O)(O)Cc1ncco1. The Kier molecular flexibility index (Phi) is 12.3. The average molecular weight is 864 g/mol. The van der Waals surface area contributed by atoms with Crippen molar-refractivity contribution < 1.29 is 42.5 Å². The molecule has 4 aromatic rings. The van der Waals surface area contributed by atoms with Gasteiger partial charge in [0.05, 0.1) is 31.1 Å². The summed E-state index contributed by atoms with van der Waals surface area (Å²) >= 11 is 1.45. The molecule has 0 bridgehead atoms. The van der Waals surface area contributed by atoms with E-state index in [9.17, 15) is 23.8 Å². The normalized spacial score (nSPS) is 23.2. The third kappa shape index (κ3) is 9.18. The summed E-state index contributed by atoms with van der Waals surface area (Å²) in [6.45, 7) is 13.3. The van der Waals surface area contributed by atoms with Crippen LogP contribution in [0.25, 0.3) is 22.3 Å². The van der Waals surface area contributed by atoms with Crippen molar-refractivity contribution in [1.29, 1.82) is 0 Å². The fraction of sp³-hybridized carbons (Fsp3) is 0.524. The van der Waals surface area contributed by atoms with Gasteiger partial charge in [0.25, 0.3) is 0 Å². The number of fused-ring (bicyclic) bond motifs is 1. The predicted octanol–water partition coefficient (Wildman–Crippen LogP) is 7.10. The number of nitrogens with zero attached hydrogens (tertiary/aromatic N) is 4. The number of thiazole rings is 1. The van der Waals surface area contributed by atoms with E-state index in [4.69, 9.17) is 28.6 Å². The van der Waals surface area contributed by atoms with Crippen LogP contribution >= 0.6 is 18.7 Å². The smallest absolute Gasteiger partial charge is 0.408 e. The van der Waals surface area contributed by atoms with E-state index in [0.717, 1.165) is 30.8 Å².